The van der Waals surface area contributed by atoms with Gasteiger partial charge in [0.05, 0.1) is 17.8 Å². The van der Waals surface area contributed by atoms with Gasteiger partial charge >= 0.3 is 0 Å². The van der Waals surface area contributed by atoms with Crippen molar-refractivity contribution in [1.29, 1.82) is 0 Å². The number of ether oxygens (including phenoxy) is 1. The average Bonchev–Trinajstić information content (AvgIpc) is 3.13. The second-order valence-electron chi connectivity index (χ2n) is 5.89. The third kappa shape index (κ3) is 4.90. The fourth-order valence-electron chi connectivity index (χ4n) is 2.54. The number of rotatable bonds is 6. The number of halogens is 5. The molecule has 8 nitrogen and oxygen atoms in total. The van der Waals surface area contributed by atoms with Crippen LogP contribution in [0.25, 0.3) is 5.69 Å². The summed E-state index contributed by atoms with van der Waals surface area (Å²) in [6.07, 6.45) is -3.24. The first-order chi connectivity index (χ1) is 14.5. The molecule has 0 radical (unpaired) electrons. The Bertz CT molecular complexity index is 1250. The Balaban J connectivity index is 2.02. The van der Waals surface area contributed by atoms with E-state index in [1.807, 2.05) is 0 Å². The maximum Gasteiger partial charge on any atom is 0.287 e. The molecule has 0 saturated carbocycles. The molecule has 2 aromatic carbocycles. The van der Waals surface area contributed by atoms with Gasteiger partial charge in [0.2, 0.25) is 0 Å². The molecule has 0 atom stereocenters. The van der Waals surface area contributed by atoms with Gasteiger partial charge in [-0.3, -0.25) is 4.79 Å². The van der Waals surface area contributed by atoms with Gasteiger partial charge in [0.1, 0.15) is 16.3 Å². The summed E-state index contributed by atoms with van der Waals surface area (Å²) in [5.74, 6) is -1.29. The number of amides is 1. The molecular formula is C17H11Cl3F2N4O4S. The van der Waals surface area contributed by atoms with Crippen LogP contribution in [0, 0.1) is 0 Å². The first kappa shape index (κ1) is 23.2. The molecule has 1 aromatic heterocycles. The first-order valence-corrected chi connectivity index (χ1v) is 10.8. The summed E-state index contributed by atoms with van der Waals surface area (Å²) < 4.78 is 59.9. The molecule has 3 aromatic rings. The number of methoxy groups -OCH3 is 1. The Labute approximate surface area is 189 Å². The van der Waals surface area contributed by atoms with E-state index in [0.29, 0.717) is 4.68 Å². The highest BCUT2D eigenvalue weighted by Gasteiger charge is 2.31. The Morgan fingerprint density at radius 2 is 1.77 bits per heavy atom. The maximum absolute atomic E-state index is 13.8. The first-order valence-electron chi connectivity index (χ1n) is 8.14. The van der Waals surface area contributed by atoms with Gasteiger partial charge in [-0.05, 0) is 30.3 Å². The molecule has 0 unspecified atom stereocenters. The van der Waals surface area contributed by atoms with Gasteiger partial charge < -0.3 is 4.74 Å². The minimum atomic E-state index is -4.56. The summed E-state index contributed by atoms with van der Waals surface area (Å²) in [5.41, 5.74) is -1.87. The number of nitrogens with zero attached hydrogens (tertiary/aromatic N) is 3. The number of alkyl halides is 2. The molecule has 1 N–H and O–H groups in total. The van der Waals surface area contributed by atoms with Crippen molar-refractivity contribution in [1.82, 2.24) is 19.7 Å². The zero-order chi connectivity index (χ0) is 22.9. The van der Waals surface area contributed by atoms with E-state index in [9.17, 15) is 22.0 Å². The topological polar surface area (TPSA) is 103 Å². The molecule has 14 heteroatoms. The second-order valence-corrected chi connectivity index (χ2v) is 8.83. The van der Waals surface area contributed by atoms with Crippen LogP contribution in [0.3, 0.4) is 0 Å². The Hall–Kier alpha value is -2.47. The van der Waals surface area contributed by atoms with Crippen LogP contribution in [0.4, 0.5) is 8.78 Å². The number of benzene rings is 2. The minimum Gasteiger partial charge on any atom is -0.497 e. The lowest BCUT2D eigenvalue weighted by Gasteiger charge is -2.10. The number of carbonyl (C=O) groups is 1. The lowest BCUT2D eigenvalue weighted by Crippen LogP contribution is -2.32. The van der Waals surface area contributed by atoms with Gasteiger partial charge in [0.25, 0.3) is 22.4 Å². The molecule has 31 heavy (non-hydrogen) atoms. The van der Waals surface area contributed by atoms with E-state index >= 15 is 0 Å². The number of hydrogen-bond donors (Lipinski definition) is 1. The zero-order valence-electron chi connectivity index (χ0n) is 15.3. The minimum absolute atomic E-state index is 0.00181. The summed E-state index contributed by atoms with van der Waals surface area (Å²) in [6.45, 7) is 0. The highest BCUT2D eigenvalue weighted by molar-refractivity contribution is 7.90. The molecule has 0 aliphatic carbocycles. The van der Waals surface area contributed by atoms with E-state index in [4.69, 9.17) is 39.5 Å². The molecular weight excluding hydrogens is 501 g/mol. The zero-order valence-corrected chi connectivity index (χ0v) is 18.4. The third-order valence-corrected chi connectivity index (χ3v) is 6.12. The van der Waals surface area contributed by atoms with Gasteiger partial charge in [-0.1, -0.05) is 40.0 Å². The van der Waals surface area contributed by atoms with Crippen LogP contribution in [0.15, 0.2) is 41.3 Å². The van der Waals surface area contributed by atoms with Gasteiger partial charge in [-0.15, -0.1) is 5.10 Å². The summed E-state index contributed by atoms with van der Waals surface area (Å²) >= 11 is 17.7. The molecule has 0 aliphatic heterocycles. The van der Waals surface area contributed by atoms with Crippen LogP contribution in [0.1, 0.15) is 22.6 Å². The smallest absolute Gasteiger partial charge is 0.287 e. The molecule has 164 valence electrons. The van der Waals surface area contributed by atoms with Gasteiger partial charge in [-0.25, -0.2) is 26.6 Å². The van der Waals surface area contributed by atoms with E-state index < -0.39 is 38.6 Å². The Morgan fingerprint density at radius 3 is 2.35 bits per heavy atom. The summed E-state index contributed by atoms with van der Waals surface area (Å²) in [5, 5.41) is 6.98. The van der Waals surface area contributed by atoms with Crippen molar-refractivity contribution in [3.05, 3.63) is 62.9 Å². The van der Waals surface area contributed by atoms with Crippen LogP contribution in [0.5, 0.6) is 5.75 Å². The van der Waals surface area contributed by atoms with E-state index in [1.165, 1.54) is 37.4 Å². The van der Waals surface area contributed by atoms with Crippen LogP contribution in [0.2, 0.25) is 15.1 Å². The van der Waals surface area contributed by atoms with E-state index in [-0.39, 0.29) is 26.5 Å². The number of sulfonamides is 1. The maximum atomic E-state index is 13.8. The van der Waals surface area contributed by atoms with E-state index in [2.05, 4.69) is 10.3 Å². The largest absolute Gasteiger partial charge is 0.497 e. The average molecular weight is 512 g/mol. The summed E-state index contributed by atoms with van der Waals surface area (Å²) in [4.78, 5) is 12.0. The number of nitrogens with one attached hydrogen (secondary N) is 1. The van der Waals surface area contributed by atoms with Crippen LogP contribution in [-0.4, -0.2) is 36.4 Å². The van der Waals surface area contributed by atoms with Crippen LogP contribution >= 0.6 is 34.8 Å². The molecule has 0 aliphatic rings. The van der Waals surface area contributed by atoms with Crippen molar-refractivity contribution < 1.29 is 26.7 Å². The molecule has 1 heterocycles. The molecule has 0 saturated heterocycles. The van der Waals surface area contributed by atoms with Crippen molar-refractivity contribution >= 4 is 50.7 Å². The van der Waals surface area contributed by atoms with Crippen molar-refractivity contribution in [3.8, 4) is 11.4 Å². The van der Waals surface area contributed by atoms with Crippen molar-refractivity contribution in [2.45, 2.75) is 11.3 Å². The quantitative estimate of drug-likeness (QED) is 0.529. The molecule has 0 spiro atoms. The van der Waals surface area contributed by atoms with Crippen molar-refractivity contribution in [2.75, 3.05) is 7.11 Å². The molecule has 1 amide bonds. The fourth-order valence-corrected chi connectivity index (χ4v) is 4.52. The fraction of sp³-hybridized carbons (Fsp3) is 0.118. The third-order valence-electron chi connectivity index (χ3n) is 3.87. The Morgan fingerprint density at radius 1 is 1.13 bits per heavy atom. The van der Waals surface area contributed by atoms with Gasteiger partial charge in [-0.2, -0.15) is 0 Å². The standard InChI is InChI=1S/C17H11Cl3F2N4O4S/c1-30-11-2-3-12(20)13(7-11)31(28,29)24-17(27)14-15(16(21)22)26(25-23-14)10-5-8(18)4-9(19)6-10/h2-7,16H,1H3,(H,24,27). The van der Waals surface area contributed by atoms with Crippen molar-refractivity contribution in [3.63, 3.8) is 0 Å². The molecule has 0 bridgehead atoms. The van der Waals surface area contributed by atoms with Crippen molar-refractivity contribution in [2.24, 2.45) is 0 Å². The summed E-state index contributed by atoms with van der Waals surface area (Å²) in [7, 11) is -3.26. The SMILES string of the molecule is COc1ccc(Cl)c(S(=O)(=O)NC(=O)c2nnn(-c3cc(Cl)cc(Cl)c3)c2C(F)F)c1. The van der Waals surface area contributed by atoms with E-state index in [0.717, 1.165) is 6.07 Å². The van der Waals surface area contributed by atoms with E-state index in [1.54, 1.807) is 4.72 Å². The molecule has 0 fully saturated rings. The van der Waals surface area contributed by atoms with Gasteiger partial charge in [0.15, 0.2) is 5.69 Å². The number of carbonyl (C=O) groups excluding carboxylic acids is 1. The predicted octanol–water partition coefficient (Wildman–Crippen LogP) is 4.29. The second kappa shape index (κ2) is 8.95. The normalized spacial score (nSPS) is 11.6. The predicted molar refractivity (Wildman–Crippen MR) is 109 cm³/mol. The molecule has 3 rings (SSSR count). The monoisotopic (exact) mass is 510 g/mol. The van der Waals surface area contributed by atoms with Crippen LogP contribution in [-0.2, 0) is 10.0 Å². The highest BCUT2D eigenvalue weighted by atomic mass is 35.5. The Kier molecular flexibility index (Phi) is 6.70. The van der Waals surface area contributed by atoms with Crippen LogP contribution < -0.4 is 9.46 Å². The number of hydrogen-bond acceptors (Lipinski definition) is 6. The summed E-state index contributed by atoms with van der Waals surface area (Å²) in [6, 6.07) is 7.61. The lowest BCUT2D eigenvalue weighted by atomic mass is 10.2. The highest BCUT2D eigenvalue weighted by Crippen LogP contribution is 2.29. The number of aromatic nitrogens is 3. The van der Waals surface area contributed by atoms with Gasteiger partial charge in [0, 0.05) is 16.1 Å². The lowest BCUT2D eigenvalue weighted by molar-refractivity contribution is 0.0959.